The maximum atomic E-state index is 13.8. The highest BCUT2D eigenvalue weighted by Crippen LogP contribution is 2.13. The Hall–Kier alpha value is -5.48. The summed E-state index contributed by atoms with van der Waals surface area (Å²) in [7, 11) is 0. The van der Waals surface area contributed by atoms with Crippen molar-refractivity contribution in [2.45, 2.75) is 51.0 Å². The fourth-order valence-electron chi connectivity index (χ4n) is 4.72. The van der Waals surface area contributed by atoms with Gasteiger partial charge < -0.3 is 26.0 Å². The summed E-state index contributed by atoms with van der Waals surface area (Å²) in [6.07, 6.45) is -0.737. The minimum absolute atomic E-state index is 0.0123. The first-order valence-corrected chi connectivity index (χ1v) is 15.8. The minimum atomic E-state index is -1.23. The van der Waals surface area contributed by atoms with E-state index in [4.69, 9.17) is 16.3 Å². The quantitative estimate of drug-likeness (QED) is 0.139. The number of halogens is 1. The van der Waals surface area contributed by atoms with Crippen molar-refractivity contribution >= 4 is 41.2 Å². The van der Waals surface area contributed by atoms with Crippen LogP contribution in [0.15, 0.2) is 115 Å². The van der Waals surface area contributed by atoms with Crippen LogP contribution < -0.4 is 21.3 Å². The van der Waals surface area contributed by atoms with Gasteiger partial charge in [0.1, 0.15) is 24.7 Å². The van der Waals surface area contributed by atoms with Crippen LogP contribution in [0.4, 0.5) is 4.79 Å². The third-order valence-corrected chi connectivity index (χ3v) is 7.61. The van der Waals surface area contributed by atoms with Crippen molar-refractivity contribution in [3.05, 3.63) is 143 Å². The summed E-state index contributed by atoms with van der Waals surface area (Å²) in [5.74, 6) is -3.05. The van der Waals surface area contributed by atoms with Crippen LogP contribution in [-0.4, -0.2) is 47.7 Å². The van der Waals surface area contributed by atoms with Crippen LogP contribution in [0.25, 0.3) is 0 Å². The first-order chi connectivity index (χ1) is 23.2. The number of rotatable bonds is 15. The van der Waals surface area contributed by atoms with Crippen molar-refractivity contribution < 1.29 is 28.7 Å². The van der Waals surface area contributed by atoms with Crippen LogP contribution in [0.1, 0.15) is 29.2 Å². The molecule has 11 heteroatoms. The van der Waals surface area contributed by atoms with E-state index in [1.165, 1.54) is 6.92 Å². The van der Waals surface area contributed by atoms with Gasteiger partial charge in [-0.05, 0) is 41.3 Å². The van der Waals surface area contributed by atoms with Gasteiger partial charge in [0.15, 0.2) is 0 Å². The lowest BCUT2D eigenvalue weighted by atomic mass is 9.99. The zero-order chi connectivity index (χ0) is 34.3. The fraction of sp³-hybridized carbons (Fsp3) is 0.216. The molecule has 0 spiro atoms. The van der Waals surface area contributed by atoms with Crippen LogP contribution in [0, 0.1) is 0 Å². The standard InChI is InChI=1S/C37H37ClN4O6/c1-25(40-37(47)48-24-29-15-9-4-10-16-29)34(44)42-32(22-27-17-19-30(38)20-18-27)35(45)41-31(21-26-11-5-2-6-12-26)33(43)36(46)39-23-28-13-7-3-8-14-28/h2-20,25,31-32H,21-24H2,1H3,(H,39,46)(H,40,47)(H,41,45)(H,42,44)/t25-,31-,32-/m0/s1. The van der Waals surface area contributed by atoms with Gasteiger partial charge in [0.2, 0.25) is 17.6 Å². The number of nitrogens with one attached hydrogen (secondary N) is 4. The molecule has 0 aliphatic rings. The molecule has 10 nitrogen and oxygen atoms in total. The van der Waals surface area contributed by atoms with Gasteiger partial charge in [-0.2, -0.15) is 0 Å². The number of benzene rings is 4. The van der Waals surface area contributed by atoms with Crippen molar-refractivity contribution in [3.8, 4) is 0 Å². The summed E-state index contributed by atoms with van der Waals surface area (Å²) < 4.78 is 5.22. The molecule has 0 aliphatic heterocycles. The molecule has 0 aliphatic carbocycles. The Morgan fingerprint density at radius 2 is 1.10 bits per heavy atom. The molecule has 0 fully saturated rings. The Morgan fingerprint density at radius 1 is 0.604 bits per heavy atom. The van der Waals surface area contributed by atoms with E-state index in [-0.39, 0.29) is 26.0 Å². The molecule has 0 heterocycles. The monoisotopic (exact) mass is 668 g/mol. The van der Waals surface area contributed by atoms with E-state index in [9.17, 15) is 24.0 Å². The Morgan fingerprint density at radius 3 is 1.71 bits per heavy atom. The number of alkyl carbamates (subject to hydrolysis) is 1. The third-order valence-electron chi connectivity index (χ3n) is 7.36. The average Bonchev–Trinajstić information content (AvgIpc) is 3.11. The molecule has 0 bridgehead atoms. The van der Waals surface area contributed by atoms with Crippen molar-refractivity contribution in [2.24, 2.45) is 0 Å². The predicted molar refractivity (Wildman–Crippen MR) is 182 cm³/mol. The van der Waals surface area contributed by atoms with E-state index in [1.54, 1.807) is 60.7 Å². The molecule has 0 radical (unpaired) electrons. The van der Waals surface area contributed by atoms with E-state index < -0.39 is 47.7 Å². The highest BCUT2D eigenvalue weighted by atomic mass is 35.5. The molecule has 248 valence electrons. The number of carbonyl (C=O) groups excluding carboxylic acids is 5. The molecule has 0 aromatic heterocycles. The normalized spacial score (nSPS) is 12.5. The minimum Gasteiger partial charge on any atom is -0.445 e. The van der Waals surface area contributed by atoms with Gasteiger partial charge in [0, 0.05) is 24.4 Å². The molecule has 48 heavy (non-hydrogen) atoms. The van der Waals surface area contributed by atoms with Crippen molar-refractivity contribution in [3.63, 3.8) is 0 Å². The smallest absolute Gasteiger partial charge is 0.408 e. The number of ketones is 1. The summed E-state index contributed by atoms with van der Waals surface area (Å²) in [5, 5.41) is 11.0. The van der Waals surface area contributed by atoms with Gasteiger partial charge >= 0.3 is 6.09 Å². The summed E-state index contributed by atoms with van der Waals surface area (Å²) in [5.41, 5.74) is 2.98. The molecule has 0 saturated heterocycles. The molecule has 0 unspecified atom stereocenters. The topological polar surface area (TPSA) is 143 Å². The molecular formula is C37H37ClN4O6. The second kappa shape index (κ2) is 18.0. The van der Waals surface area contributed by atoms with Crippen molar-refractivity contribution in [1.29, 1.82) is 0 Å². The third kappa shape index (κ3) is 11.4. The Labute approximate surface area is 284 Å². The summed E-state index contributed by atoms with van der Waals surface area (Å²) >= 11 is 6.05. The maximum Gasteiger partial charge on any atom is 0.408 e. The predicted octanol–water partition coefficient (Wildman–Crippen LogP) is 4.30. The van der Waals surface area contributed by atoms with Gasteiger partial charge in [-0.15, -0.1) is 0 Å². The molecule has 4 aromatic carbocycles. The largest absolute Gasteiger partial charge is 0.445 e. The second-order valence-corrected chi connectivity index (χ2v) is 11.5. The molecule has 3 atom stereocenters. The molecule has 4 N–H and O–H groups in total. The van der Waals surface area contributed by atoms with Crippen LogP contribution in [0.5, 0.6) is 0 Å². The van der Waals surface area contributed by atoms with Crippen molar-refractivity contribution in [1.82, 2.24) is 21.3 Å². The SMILES string of the molecule is C[C@H](NC(=O)OCc1ccccc1)C(=O)N[C@@H](Cc1ccc(Cl)cc1)C(=O)N[C@@H](Cc1ccccc1)C(=O)C(=O)NCc1ccccc1. The fourth-order valence-corrected chi connectivity index (χ4v) is 4.85. The van der Waals surface area contributed by atoms with Gasteiger partial charge in [0.05, 0.1) is 0 Å². The molecule has 4 amide bonds. The lowest BCUT2D eigenvalue weighted by Crippen LogP contribution is -2.57. The Balaban J connectivity index is 1.47. The van der Waals surface area contributed by atoms with Crippen LogP contribution in [0.2, 0.25) is 5.02 Å². The van der Waals surface area contributed by atoms with Crippen LogP contribution >= 0.6 is 11.6 Å². The van der Waals surface area contributed by atoms with E-state index in [1.807, 2.05) is 54.6 Å². The highest BCUT2D eigenvalue weighted by molar-refractivity contribution is 6.38. The Kier molecular flexibility index (Phi) is 13.3. The van der Waals surface area contributed by atoms with Crippen molar-refractivity contribution in [2.75, 3.05) is 0 Å². The number of Topliss-reactive ketones (excluding diaryl/α,β-unsaturated/α-hetero) is 1. The summed E-state index contributed by atoms with van der Waals surface area (Å²) in [4.78, 5) is 65.9. The first kappa shape index (κ1) is 35.4. The number of carbonyl (C=O) groups is 5. The zero-order valence-corrected chi connectivity index (χ0v) is 27.1. The van der Waals surface area contributed by atoms with Gasteiger partial charge in [-0.25, -0.2) is 4.79 Å². The molecule has 4 aromatic rings. The second-order valence-electron chi connectivity index (χ2n) is 11.1. The first-order valence-electron chi connectivity index (χ1n) is 15.4. The Bertz CT molecular complexity index is 1670. The van der Waals surface area contributed by atoms with Gasteiger partial charge in [-0.1, -0.05) is 115 Å². The molecule has 0 saturated carbocycles. The maximum absolute atomic E-state index is 13.8. The lowest BCUT2D eigenvalue weighted by molar-refractivity contribution is -0.140. The highest BCUT2D eigenvalue weighted by Gasteiger charge is 2.31. The lowest BCUT2D eigenvalue weighted by Gasteiger charge is -2.24. The zero-order valence-electron chi connectivity index (χ0n) is 26.4. The molecule has 4 rings (SSSR count). The van der Waals surface area contributed by atoms with Crippen LogP contribution in [0.3, 0.4) is 0 Å². The summed E-state index contributed by atoms with van der Waals surface area (Å²) in [6, 6.07) is 30.4. The number of ether oxygens (including phenoxy) is 1. The van der Waals surface area contributed by atoms with E-state index in [0.29, 0.717) is 10.6 Å². The van der Waals surface area contributed by atoms with Gasteiger partial charge in [-0.3, -0.25) is 19.2 Å². The average molecular weight is 669 g/mol. The van der Waals surface area contributed by atoms with E-state index in [0.717, 1.165) is 16.7 Å². The van der Waals surface area contributed by atoms with Gasteiger partial charge in [0.25, 0.3) is 5.91 Å². The molecular weight excluding hydrogens is 632 g/mol. The number of hydrogen-bond donors (Lipinski definition) is 4. The van der Waals surface area contributed by atoms with E-state index >= 15 is 0 Å². The van der Waals surface area contributed by atoms with Crippen LogP contribution in [-0.2, 0) is 49.9 Å². The van der Waals surface area contributed by atoms with E-state index in [2.05, 4.69) is 21.3 Å². The number of hydrogen-bond acceptors (Lipinski definition) is 6. The summed E-state index contributed by atoms with van der Waals surface area (Å²) in [6.45, 7) is 1.60. The number of amides is 4.